The number of anilines is 1. The Balaban J connectivity index is 2.16. The number of nitrogens with one attached hydrogen (secondary N) is 1. The Morgan fingerprint density at radius 1 is 1.29 bits per heavy atom. The third-order valence-corrected chi connectivity index (χ3v) is 2.86. The number of halogens is 1. The summed E-state index contributed by atoms with van der Waals surface area (Å²) in [5, 5.41) is 14.0. The molecule has 0 heterocycles. The maximum Gasteiger partial charge on any atom is 0.292 e. The number of hydrogen-bond donors (Lipinski definition) is 1. The molecule has 0 spiro atoms. The summed E-state index contributed by atoms with van der Waals surface area (Å²) in [4.78, 5) is 10.6. The molecule has 0 saturated heterocycles. The van der Waals surface area contributed by atoms with Gasteiger partial charge < -0.3 is 10.1 Å². The summed E-state index contributed by atoms with van der Waals surface area (Å²) in [5.74, 6) is -0.341. The molecule has 0 aliphatic rings. The lowest BCUT2D eigenvalue weighted by molar-refractivity contribution is -0.384. The minimum Gasteiger partial charge on any atom is -0.486 e. The van der Waals surface area contributed by atoms with Crippen LogP contribution in [0.2, 0.25) is 0 Å². The Bertz CT molecular complexity index is 647. The van der Waals surface area contributed by atoms with Crippen molar-refractivity contribution < 1.29 is 14.1 Å². The fourth-order valence-corrected chi connectivity index (χ4v) is 1.88. The van der Waals surface area contributed by atoms with Gasteiger partial charge in [0.1, 0.15) is 12.3 Å². The van der Waals surface area contributed by atoms with Crippen molar-refractivity contribution in [3.8, 4) is 5.75 Å². The van der Waals surface area contributed by atoms with Gasteiger partial charge in [0.25, 0.3) is 5.69 Å². The summed E-state index contributed by atoms with van der Waals surface area (Å²) in [6.07, 6.45) is 0. The lowest BCUT2D eigenvalue weighted by Crippen LogP contribution is -2.03. The van der Waals surface area contributed by atoms with Gasteiger partial charge in [-0.3, -0.25) is 10.1 Å². The number of nitro groups is 1. The Morgan fingerprint density at radius 3 is 2.71 bits per heavy atom. The molecule has 5 nitrogen and oxygen atoms in total. The van der Waals surface area contributed by atoms with Gasteiger partial charge in [-0.05, 0) is 30.7 Å². The lowest BCUT2D eigenvalue weighted by atomic mass is 10.2. The molecule has 0 fully saturated rings. The van der Waals surface area contributed by atoms with Crippen molar-refractivity contribution in [2.45, 2.75) is 13.5 Å². The standard InChI is InChI=1S/C15H15FN2O3/c1-2-17-13-8-7-11(9-14(13)18(19)20)10-21-15-6-4-3-5-12(15)16/h3-9,17H,2,10H2,1H3. The van der Waals surface area contributed by atoms with Crippen LogP contribution < -0.4 is 10.1 Å². The molecule has 0 saturated carbocycles. The van der Waals surface area contributed by atoms with E-state index in [9.17, 15) is 14.5 Å². The molecule has 0 amide bonds. The fourth-order valence-electron chi connectivity index (χ4n) is 1.88. The quantitative estimate of drug-likeness (QED) is 0.650. The van der Waals surface area contributed by atoms with Crippen molar-refractivity contribution >= 4 is 11.4 Å². The van der Waals surface area contributed by atoms with E-state index in [4.69, 9.17) is 4.74 Å². The summed E-state index contributed by atoms with van der Waals surface area (Å²) in [5.41, 5.74) is 1.04. The maximum absolute atomic E-state index is 13.4. The number of hydrogen-bond acceptors (Lipinski definition) is 4. The first-order valence-electron chi connectivity index (χ1n) is 6.50. The Hall–Kier alpha value is -2.63. The summed E-state index contributed by atoms with van der Waals surface area (Å²) in [6, 6.07) is 10.8. The normalized spacial score (nSPS) is 10.2. The van der Waals surface area contributed by atoms with Gasteiger partial charge in [0.15, 0.2) is 11.6 Å². The largest absolute Gasteiger partial charge is 0.486 e. The first kappa shape index (κ1) is 14.8. The van der Waals surface area contributed by atoms with Crippen molar-refractivity contribution in [2.24, 2.45) is 0 Å². The number of nitro benzene ring substituents is 1. The van der Waals surface area contributed by atoms with Crippen LogP contribution in [0.25, 0.3) is 0 Å². The van der Waals surface area contributed by atoms with Crippen LogP contribution in [0.4, 0.5) is 15.8 Å². The Morgan fingerprint density at radius 2 is 2.05 bits per heavy atom. The number of nitrogens with zero attached hydrogens (tertiary/aromatic N) is 1. The number of benzene rings is 2. The van der Waals surface area contributed by atoms with E-state index >= 15 is 0 Å². The second-order valence-corrected chi connectivity index (χ2v) is 4.36. The monoisotopic (exact) mass is 290 g/mol. The fraction of sp³-hybridized carbons (Fsp3) is 0.200. The zero-order valence-corrected chi connectivity index (χ0v) is 11.5. The first-order chi connectivity index (χ1) is 10.1. The topological polar surface area (TPSA) is 64.4 Å². The number of ether oxygens (including phenoxy) is 1. The van der Waals surface area contributed by atoms with Crippen LogP contribution in [0.5, 0.6) is 5.75 Å². The van der Waals surface area contributed by atoms with E-state index in [1.807, 2.05) is 6.92 Å². The van der Waals surface area contributed by atoms with E-state index in [0.717, 1.165) is 0 Å². The van der Waals surface area contributed by atoms with Crippen molar-refractivity contribution in [3.05, 3.63) is 64.0 Å². The van der Waals surface area contributed by atoms with Crippen LogP contribution in [0.15, 0.2) is 42.5 Å². The van der Waals surface area contributed by atoms with Crippen molar-refractivity contribution in [1.82, 2.24) is 0 Å². The zero-order valence-electron chi connectivity index (χ0n) is 11.5. The molecule has 0 bridgehead atoms. The molecule has 0 radical (unpaired) electrons. The second-order valence-electron chi connectivity index (χ2n) is 4.36. The summed E-state index contributed by atoms with van der Waals surface area (Å²) < 4.78 is 18.8. The first-order valence-corrected chi connectivity index (χ1v) is 6.50. The van der Waals surface area contributed by atoms with Gasteiger partial charge in [-0.2, -0.15) is 0 Å². The molecule has 0 atom stereocenters. The highest BCUT2D eigenvalue weighted by atomic mass is 19.1. The summed E-state index contributed by atoms with van der Waals surface area (Å²) >= 11 is 0. The van der Waals surface area contributed by atoms with Crippen molar-refractivity contribution in [1.29, 1.82) is 0 Å². The molecule has 21 heavy (non-hydrogen) atoms. The number of rotatable bonds is 6. The van der Waals surface area contributed by atoms with Crippen LogP contribution in [-0.4, -0.2) is 11.5 Å². The molecule has 2 aromatic carbocycles. The maximum atomic E-state index is 13.4. The highest BCUT2D eigenvalue weighted by molar-refractivity contribution is 5.62. The summed E-state index contributed by atoms with van der Waals surface area (Å²) in [6.45, 7) is 2.51. The van der Waals surface area contributed by atoms with E-state index in [0.29, 0.717) is 17.8 Å². The van der Waals surface area contributed by atoms with E-state index in [2.05, 4.69) is 5.32 Å². The van der Waals surface area contributed by atoms with Crippen LogP contribution in [-0.2, 0) is 6.61 Å². The van der Waals surface area contributed by atoms with Gasteiger partial charge in [0.05, 0.1) is 4.92 Å². The SMILES string of the molecule is CCNc1ccc(COc2ccccc2F)cc1[N+](=O)[O-]. The van der Waals surface area contributed by atoms with Crippen LogP contribution in [0, 0.1) is 15.9 Å². The predicted molar refractivity (Wildman–Crippen MR) is 78.0 cm³/mol. The van der Waals surface area contributed by atoms with Gasteiger partial charge in [-0.25, -0.2) is 4.39 Å². The van der Waals surface area contributed by atoms with Gasteiger partial charge in [-0.1, -0.05) is 18.2 Å². The molecule has 2 rings (SSSR count). The Labute approximate surface area is 121 Å². The molecular formula is C15H15FN2O3. The third kappa shape index (κ3) is 3.68. The lowest BCUT2D eigenvalue weighted by Gasteiger charge is -2.09. The smallest absolute Gasteiger partial charge is 0.292 e. The molecule has 2 aromatic rings. The van der Waals surface area contributed by atoms with Crippen LogP contribution in [0.3, 0.4) is 0 Å². The molecule has 1 N–H and O–H groups in total. The van der Waals surface area contributed by atoms with Crippen molar-refractivity contribution in [2.75, 3.05) is 11.9 Å². The highest BCUT2D eigenvalue weighted by Gasteiger charge is 2.14. The van der Waals surface area contributed by atoms with Crippen molar-refractivity contribution in [3.63, 3.8) is 0 Å². The van der Waals surface area contributed by atoms with Gasteiger partial charge in [-0.15, -0.1) is 0 Å². The second kappa shape index (κ2) is 6.69. The minimum absolute atomic E-state index is 0.0218. The predicted octanol–water partition coefficient (Wildman–Crippen LogP) is 3.74. The molecular weight excluding hydrogens is 275 g/mol. The van der Waals surface area contributed by atoms with Gasteiger partial charge in [0, 0.05) is 12.6 Å². The molecule has 0 aromatic heterocycles. The molecule has 6 heteroatoms. The van der Waals surface area contributed by atoms with E-state index in [-0.39, 0.29) is 18.0 Å². The van der Waals surface area contributed by atoms with E-state index < -0.39 is 10.7 Å². The summed E-state index contributed by atoms with van der Waals surface area (Å²) in [7, 11) is 0. The zero-order chi connectivity index (χ0) is 15.2. The van der Waals surface area contributed by atoms with E-state index in [1.54, 1.807) is 24.3 Å². The molecule has 0 aliphatic heterocycles. The van der Waals surface area contributed by atoms with Gasteiger partial charge in [0.2, 0.25) is 0 Å². The van der Waals surface area contributed by atoms with E-state index in [1.165, 1.54) is 18.2 Å². The molecule has 0 aliphatic carbocycles. The Kier molecular flexibility index (Phi) is 4.71. The molecule has 110 valence electrons. The van der Waals surface area contributed by atoms with Crippen LogP contribution in [0.1, 0.15) is 12.5 Å². The average Bonchev–Trinajstić information content (AvgIpc) is 2.47. The van der Waals surface area contributed by atoms with Crippen LogP contribution >= 0.6 is 0 Å². The minimum atomic E-state index is -0.462. The van der Waals surface area contributed by atoms with Gasteiger partial charge >= 0.3 is 0 Å². The molecule has 0 unspecified atom stereocenters. The number of para-hydroxylation sites is 1. The average molecular weight is 290 g/mol. The highest BCUT2D eigenvalue weighted by Crippen LogP contribution is 2.26. The third-order valence-electron chi connectivity index (χ3n) is 2.86.